The van der Waals surface area contributed by atoms with Gasteiger partial charge in [0.1, 0.15) is 0 Å². The average molecular weight is 159 g/mol. The normalized spacial score (nSPS) is 8.90. The lowest BCUT2D eigenvalue weighted by Gasteiger charge is -1.93. The number of rotatable bonds is 1. The van der Waals surface area contributed by atoms with E-state index in [2.05, 4.69) is 18.8 Å². The molecule has 0 aliphatic carbocycles. The number of hydrogen-bond acceptors (Lipinski definition) is 3. The van der Waals surface area contributed by atoms with Crippen LogP contribution in [0.5, 0.6) is 0 Å². The molecular weight excluding hydrogens is 146 g/mol. The average Bonchev–Trinajstić information content (AvgIpc) is 2.42. The molecule has 0 bridgehead atoms. The molecule has 0 aromatic carbocycles. The van der Waals surface area contributed by atoms with Crippen molar-refractivity contribution in [1.82, 2.24) is 4.98 Å². The van der Waals surface area contributed by atoms with Crippen LogP contribution in [0.1, 0.15) is 24.8 Å². The first-order valence-electron chi connectivity index (χ1n) is 3.15. The van der Waals surface area contributed by atoms with Crippen molar-refractivity contribution in [3.8, 4) is 0 Å². The van der Waals surface area contributed by atoms with E-state index in [4.69, 9.17) is 5.11 Å². The van der Waals surface area contributed by atoms with Gasteiger partial charge in [-0.25, -0.2) is 4.98 Å². The van der Waals surface area contributed by atoms with Gasteiger partial charge >= 0.3 is 0 Å². The minimum atomic E-state index is 0.593. The van der Waals surface area contributed by atoms with E-state index >= 15 is 0 Å². The first-order valence-corrected chi connectivity index (χ1v) is 4.03. The quantitative estimate of drug-likeness (QED) is 0.678. The highest BCUT2D eigenvalue weighted by molar-refractivity contribution is 7.09. The van der Waals surface area contributed by atoms with Crippen molar-refractivity contribution >= 4 is 11.3 Å². The topological polar surface area (TPSA) is 33.1 Å². The Balaban J connectivity index is 0.000000371. The van der Waals surface area contributed by atoms with Gasteiger partial charge in [0.2, 0.25) is 0 Å². The molecule has 0 aliphatic heterocycles. The molecule has 2 nitrogen and oxygen atoms in total. The van der Waals surface area contributed by atoms with Gasteiger partial charge in [0.25, 0.3) is 0 Å². The summed E-state index contributed by atoms with van der Waals surface area (Å²) in [6.45, 7) is 4.30. The van der Waals surface area contributed by atoms with Crippen LogP contribution in [0.25, 0.3) is 0 Å². The second kappa shape index (κ2) is 5.38. The van der Waals surface area contributed by atoms with E-state index in [0.29, 0.717) is 5.92 Å². The van der Waals surface area contributed by atoms with Gasteiger partial charge in [0.15, 0.2) is 0 Å². The van der Waals surface area contributed by atoms with Crippen molar-refractivity contribution in [2.24, 2.45) is 0 Å². The molecule has 0 fully saturated rings. The molecule has 0 saturated carbocycles. The summed E-state index contributed by atoms with van der Waals surface area (Å²) in [5, 5.41) is 10.2. The van der Waals surface area contributed by atoms with E-state index in [1.54, 1.807) is 11.3 Å². The molecule has 58 valence electrons. The monoisotopic (exact) mass is 159 g/mol. The maximum Gasteiger partial charge on any atom is 0.0950 e. The summed E-state index contributed by atoms with van der Waals surface area (Å²) in [5.74, 6) is 0.593. The predicted molar refractivity (Wildman–Crippen MR) is 44.3 cm³/mol. The number of nitrogens with zero attached hydrogens (tertiary/aromatic N) is 1. The van der Waals surface area contributed by atoms with Gasteiger partial charge in [-0.05, 0) is 0 Å². The van der Waals surface area contributed by atoms with Crippen molar-refractivity contribution in [2.75, 3.05) is 7.11 Å². The van der Waals surface area contributed by atoms with Gasteiger partial charge in [0.05, 0.1) is 5.01 Å². The molecule has 0 amide bonds. The lowest BCUT2D eigenvalue weighted by molar-refractivity contribution is 0.399. The van der Waals surface area contributed by atoms with Gasteiger partial charge in [-0.3, -0.25) is 0 Å². The molecule has 0 saturated heterocycles. The summed E-state index contributed by atoms with van der Waals surface area (Å²) in [4.78, 5) is 4.13. The molecule has 0 spiro atoms. The number of thiazole rings is 1. The first-order chi connectivity index (χ1) is 4.80. The van der Waals surface area contributed by atoms with Gasteiger partial charge < -0.3 is 5.11 Å². The number of aromatic nitrogens is 1. The van der Waals surface area contributed by atoms with Gasteiger partial charge in [0, 0.05) is 24.6 Å². The molecule has 1 aromatic rings. The van der Waals surface area contributed by atoms with Crippen LogP contribution < -0.4 is 0 Å². The Morgan fingerprint density at radius 2 is 2.10 bits per heavy atom. The third-order valence-corrected chi connectivity index (χ3v) is 2.02. The minimum Gasteiger partial charge on any atom is -0.400 e. The summed E-state index contributed by atoms with van der Waals surface area (Å²) < 4.78 is 0. The molecule has 0 radical (unpaired) electrons. The zero-order valence-corrected chi connectivity index (χ0v) is 7.35. The van der Waals surface area contributed by atoms with Crippen molar-refractivity contribution in [2.45, 2.75) is 19.8 Å². The molecule has 10 heavy (non-hydrogen) atoms. The van der Waals surface area contributed by atoms with E-state index in [-0.39, 0.29) is 0 Å². The molecule has 1 heterocycles. The fourth-order valence-corrected chi connectivity index (χ4v) is 1.17. The Labute approximate surface area is 65.6 Å². The SMILES string of the molecule is CC(C)c1nccs1.CO. The maximum absolute atomic E-state index is 7.00. The lowest BCUT2D eigenvalue weighted by Crippen LogP contribution is -1.81. The molecule has 0 unspecified atom stereocenters. The zero-order chi connectivity index (χ0) is 7.98. The van der Waals surface area contributed by atoms with E-state index in [1.807, 2.05) is 11.6 Å². The molecule has 3 heteroatoms. The van der Waals surface area contributed by atoms with Crippen LogP contribution >= 0.6 is 11.3 Å². The predicted octanol–water partition coefficient (Wildman–Crippen LogP) is 1.87. The standard InChI is InChI=1S/C6H9NS.CH4O/c1-5(2)6-7-3-4-8-6;1-2/h3-5H,1-2H3;2H,1H3. The Morgan fingerprint density at radius 1 is 1.50 bits per heavy atom. The summed E-state index contributed by atoms with van der Waals surface area (Å²) in [7, 11) is 1.00. The van der Waals surface area contributed by atoms with Crippen LogP contribution in [0.3, 0.4) is 0 Å². The molecule has 0 atom stereocenters. The van der Waals surface area contributed by atoms with E-state index < -0.39 is 0 Å². The highest BCUT2D eigenvalue weighted by Gasteiger charge is 1.97. The van der Waals surface area contributed by atoms with Crippen LogP contribution in [-0.4, -0.2) is 17.2 Å². The van der Waals surface area contributed by atoms with Crippen molar-refractivity contribution in [1.29, 1.82) is 0 Å². The number of hydrogen-bond donors (Lipinski definition) is 1. The molecule has 1 N–H and O–H groups in total. The Kier molecular flexibility index (Phi) is 5.16. The minimum absolute atomic E-state index is 0.593. The Bertz CT molecular complexity index is 149. The van der Waals surface area contributed by atoms with Crippen LogP contribution in [0.2, 0.25) is 0 Å². The lowest BCUT2D eigenvalue weighted by atomic mass is 10.2. The fraction of sp³-hybridized carbons (Fsp3) is 0.571. The Morgan fingerprint density at radius 3 is 2.30 bits per heavy atom. The third-order valence-electron chi connectivity index (χ3n) is 0.945. The highest BCUT2D eigenvalue weighted by Crippen LogP contribution is 2.15. The van der Waals surface area contributed by atoms with Crippen LogP contribution in [0, 0.1) is 0 Å². The zero-order valence-electron chi connectivity index (χ0n) is 6.53. The smallest absolute Gasteiger partial charge is 0.0950 e. The summed E-state index contributed by atoms with van der Waals surface area (Å²) >= 11 is 1.72. The van der Waals surface area contributed by atoms with Gasteiger partial charge in [-0.1, -0.05) is 13.8 Å². The van der Waals surface area contributed by atoms with Crippen molar-refractivity contribution in [3.05, 3.63) is 16.6 Å². The molecule has 1 aromatic heterocycles. The Hall–Kier alpha value is -0.410. The fourth-order valence-electron chi connectivity index (χ4n) is 0.520. The summed E-state index contributed by atoms with van der Waals surface area (Å²) in [6, 6.07) is 0. The van der Waals surface area contributed by atoms with Crippen LogP contribution in [-0.2, 0) is 0 Å². The summed E-state index contributed by atoms with van der Waals surface area (Å²) in [6.07, 6.45) is 1.85. The molecule has 1 rings (SSSR count). The first kappa shape index (κ1) is 9.59. The number of aliphatic hydroxyl groups is 1. The molecular formula is C7H13NOS. The van der Waals surface area contributed by atoms with Crippen LogP contribution in [0.4, 0.5) is 0 Å². The largest absolute Gasteiger partial charge is 0.400 e. The van der Waals surface area contributed by atoms with Crippen molar-refractivity contribution in [3.63, 3.8) is 0 Å². The van der Waals surface area contributed by atoms with E-state index in [1.165, 1.54) is 5.01 Å². The highest BCUT2D eigenvalue weighted by atomic mass is 32.1. The third kappa shape index (κ3) is 2.94. The van der Waals surface area contributed by atoms with Gasteiger partial charge in [-0.15, -0.1) is 11.3 Å². The van der Waals surface area contributed by atoms with E-state index in [0.717, 1.165) is 7.11 Å². The summed E-state index contributed by atoms with van der Waals surface area (Å²) in [5.41, 5.74) is 0. The van der Waals surface area contributed by atoms with Crippen molar-refractivity contribution < 1.29 is 5.11 Å². The maximum atomic E-state index is 7.00. The second-order valence-electron chi connectivity index (χ2n) is 2.03. The molecule has 0 aliphatic rings. The van der Waals surface area contributed by atoms with Crippen LogP contribution in [0.15, 0.2) is 11.6 Å². The van der Waals surface area contributed by atoms with Gasteiger partial charge in [-0.2, -0.15) is 0 Å². The van der Waals surface area contributed by atoms with E-state index in [9.17, 15) is 0 Å². The second-order valence-corrected chi connectivity index (χ2v) is 2.95. The number of aliphatic hydroxyl groups excluding tert-OH is 1.